The lowest BCUT2D eigenvalue weighted by atomic mass is 10.0. The van der Waals surface area contributed by atoms with Gasteiger partial charge in [-0.1, -0.05) is 26.7 Å². The summed E-state index contributed by atoms with van der Waals surface area (Å²) in [5, 5.41) is 3.24. The molecule has 0 aliphatic carbocycles. The third kappa shape index (κ3) is 4.99. The van der Waals surface area contributed by atoms with E-state index >= 15 is 0 Å². The average Bonchev–Trinajstić information content (AvgIpc) is 2.49. The summed E-state index contributed by atoms with van der Waals surface area (Å²) in [6.45, 7) is 10.5. The lowest BCUT2D eigenvalue weighted by molar-refractivity contribution is 0.596. The maximum absolute atomic E-state index is 14.0. The van der Waals surface area contributed by atoms with Gasteiger partial charge >= 0.3 is 0 Å². The number of aryl methyl sites for hydroxylation is 1. The Bertz CT molecular complexity index is 423. The summed E-state index contributed by atoms with van der Waals surface area (Å²) in [6.07, 6.45) is 4.71. The Balaban J connectivity index is 3.16. The zero-order valence-corrected chi connectivity index (χ0v) is 14.3. The molecule has 0 saturated carbocycles. The molecule has 21 heavy (non-hydrogen) atoms. The number of nitrogens with zero attached hydrogens (tertiary/aromatic N) is 1. The summed E-state index contributed by atoms with van der Waals surface area (Å²) in [6, 6.07) is 3.88. The van der Waals surface area contributed by atoms with Crippen molar-refractivity contribution in [3.8, 4) is 0 Å². The largest absolute Gasteiger partial charge is 0.371 e. The molecular formula is C18H31FN2. The van der Waals surface area contributed by atoms with Crippen LogP contribution in [-0.2, 0) is 0 Å². The summed E-state index contributed by atoms with van der Waals surface area (Å²) >= 11 is 0. The summed E-state index contributed by atoms with van der Waals surface area (Å²) in [4.78, 5) is 2.43. The molecular weight excluding hydrogens is 263 g/mol. The van der Waals surface area contributed by atoms with E-state index in [9.17, 15) is 4.39 Å². The van der Waals surface area contributed by atoms with Crippen LogP contribution in [0.1, 0.15) is 63.6 Å². The van der Waals surface area contributed by atoms with Gasteiger partial charge in [0.2, 0.25) is 0 Å². The van der Waals surface area contributed by atoms with Crippen molar-refractivity contribution in [1.29, 1.82) is 0 Å². The van der Waals surface area contributed by atoms with E-state index in [0.717, 1.165) is 24.2 Å². The second-order valence-electron chi connectivity index (χ2n) is 5.86. The number of hydrogen-bond acceptors (Lipinski definition) is 2. The highest BCUT2D eigenvalue weighted by Gasteiger charge is 2.17. The van der Waals surface area contributed by atoms with Crippen LogP contribution in [0, 0.1) is 12.7 Å². The van der Waals surface area contributed by atoms with Crippen LogP contribution in [0.4, 0.5) is 10.1 Å². The quantitative estimate of drug-likeness (QED) is 0.702. The third-order valence-corrected chi connectivity index (χ3v) is 4.11. The van der Waals surface area contributed by atoms with Crippen molar-refractivity contribution >= 4 is 5.69 Å². The minimum atomic E-state index is -0.109. The first-order chi connectivity index (χ1) is 10.0. The van der Waals surface area contributed by atoms with Gasteiger partial charge in [-0.15, -0.1) is 0 Å². The normalized spacial score (nSPS) is 12.5. The predicted molar refractivity (Wildman–Crippen MR) is 90.6 cm³/mol. The molecule has 0 bridgehead atoms. The molecule has 0 aliphatic heterocycles. The fourth-order valence-corrected chi connectivity index (χ4v) is 2.51. The van der Waals surface area contributed by atoms with Crippen molar-refractivity contribution in [1.82, 2.24) is 5.32 Å². The van der Waals surface area contributed by atoms with Crippen LogP contribution in [0.25, 0.3) is 0 Å². The van der Waals surface area contributed by atoms with Crippen LogP contribution in [0.15, 0.2) is 12.1 Å². The standard InChI is InChI=1S/C18H31FN2/c1-6-8-10-21(11-9-7-2)18-12-14(3)17(19)13-16(18)15(4)20-5/h12-13,15,20H,6-11H2,1-5H3. The fraction of sp³-hybridized carbons (Fsp3) is 0.667. The molecule has 0 saturated heterocycles. The highest BCUT2D eigenvalue weighted by Crippen LogP contribution is 2.30. The number of unbranched alkanes of at least 4 members (excludes halogenated alkanes) is 2. The van der Waals surface area contributed by atoms with Crippen LogP contribution in [-0.4, -0.2) is 20.1 Å². The van der Waals surface area contributed by atoms with E-state index in [-0.39, 0.29) is 11.9 Å². The van der Waals surface area contributed by atoms with Crippen LogP contribution in [0.3, 0.4) is 0 Å². The number of hydrogen-bond donors (Lipinski definition) is 1. The van der Waals surface area contributed by atoms with Gasteiger partial charge in [-0.25, -0.2) is 4.39 Å². The smallest absolute Gasteiger partial charge is 0.126 e. The van der Waals surface area contributed by atoms with E-state index in [1.807, 2.05) is 20.0 Å². The van der Waals surface area contributed by atoms with Gasteiger partial charge in [-0.2, -0.15) is 0 Å². The second-order valence-corrected chi connectivity index (χ2v) is 5.86. The van der Waals surface area contributed by atoms with E-state index in [0.29, 0.717) is 0 Å². The van der Waals surface area contributed by atoms with Crippen molar-refractivity contribution in [2.24, 2.45) is 0 Å². The molecule has 120 valence electrons. The summed E-state index contributed by atoms with van der Waals surface area (Å²) < 4.78 is 14.0. The van der Waals surface area contributed by atoms with Gasteiger partial charge in [-0.05, 0) is 57.0 Å². The Morgan fingerprint density at radius 3 is 2.19 bits per heavy atom. The molecule has 0 heterocycles. The van der Waals surface area contributed by atoms with Gasteiger partial charge in [0.1, 0.15) is 5.82 Å². The first kappa shape index (κ1) is 18.0. The molecule has 1 N–H and O–H groups in total. The van der Waals surface area contributed by atoms with Crippen LogP contribution in [0.5, 0.6) is 0 Å². The van der Waals surface area contributed by atoms with Crippen LogP contribution >= 0.6 is 0 Å². The molecule has 1 aromatic carbocycles. The van der Waals surface area contributed by atoms with Gasteiger partial charge in [0.25, 0.3) is 0 Å². The Labute approximate surface area is 129 Å². The minimum absolute atomic E-state index is 0.109. The zero-order valence-electron chi connectivity index (χ0n) is 14.3. The molecule has 1 atom stereocenters. The SMILES string of the molecule is CCCCN(CCCC)c1cc(C)c(F)cc1C(C)NC. The molecule has 2 nitrogen and oxygen atoms in total. The molecule has 1 unspecified atom stereocenters. The average molecular weight is 294 g/mol. The van der Waals surface area contributed by atoms with E-state index in [1.54, 1.807) is 6.07 Å². The van der Waals surface area contributed by atoms with Crippen LogP contribution in [0.2, 0.25) is 0 Å². The Morgan fingerprint density at radius 2 is 1.71 bits per heavy atom. The van der Waals surface area contributed by atoms with Gasteiger partial charge in [0.15, 0.2) is 0 Å². The molecule has 1 aromatic rings. The molecule has 0 aromatic heterocycles. The van der Waals surface area contributed by atoms with Crippen molar-refractivity contribution in [3.05, 3.63) is 29.1 Å². The Kier molecular flexibility index (Phi) is 7.73. The summed E-state index contributed by atoms with van der Waals surface area (Å²) in [7, 11) is 1.93. The van der Waals surface area contributed by atoms with Crippen molar-refractivity contribution in [3.63, 3.8) is 0 Å². The van der Waals surface area contributed by atoms with Gasteiger partial charge in [0, 0.05) is 24.8 Å². The van der Waals surface area contributed by atoms with Crippen molar-refractivity contribution < 1.29 is 4.39 Å². The molecule has 0 amide bonds. The molecule has 0 fully saturated rings. The third-order valence-electron chi connectivity index (χ3n) is 4.11. The molecule has 1 rings (SSSR count). The number of benzene rings is 1. The Morgan fingerprint density at radius 1 is 1.14 bits per heavy atom. The maximum atomic E-state index is 14.0. The number of rotatable bonds is 9. The van der Waals surface area contributed by atoms with Crippen molar-refractivity contribution in [2.45, 2.75) is 59.4 Å². The molecule has 3 heteroatoms. The Hall–Kier alpha value is -1.09. The lowest BCUT2D eigenvalue weighted by Crippen LogP contribution is -2.28. The maximum Gasteiger partial charge on any atom is 0.126 e. The molecule has 0 aliphatic rings. The van der Waals surface area contributed by atoms with Gasteiger partial charge in [-0.3, -0.25) is 0 Å². The van der Waals surface area contributed by atoms with Gasteiger partial charge < -0.3 is 10.2 Å². The first-order valence-electron chi connectivity index (χ1n) is 8.27. The number of halogens is 1. The second kappa shape index (κ2) is 9.04. The van der Waals surface area contributed by atoms with Crippen LogP contribution < -0.4 is 10.2 Å². The van der Waals surface area contributed by atoms with Gasteiger partial charge in [0.05, 0.1) is 0 Å². The predicted octanol–water partition coefficient (Wildman–Crippen LogP) is 4.82. The first-order valence-corrected chi connectivity index (χ1v) is 8.27. The van der Waals surface area contributed by atoms with E-state index in [2.05, 4.69) is 31.0 Å². The monoisotopic (exact) mass is 294 g/mol. The molecule has 0 radical (unpaired) electrons. The lowest BCUT2D eigenvalue weighted by Gasteiger charge is -2.29. The zero-order chi connectivity index (χ0) is 15.8. The molecule has 0 spiro atoms. The van der Waals surface area contributed by atoms with Crippen molar-refractivity contribution in [2.75, 3.05) is 25.0 Å². The highest BCUT2D eigenvalue weighted by atomic mass is 19.1. The summed E-state index contributed by atoms with van der Waals surface area (Å²) in [5.74, 6) is -0.109. The number of nitrogens with one attached hydrogen (secondary N) is 1. The van der Waals surface area contributed by atoms with E-state index in [1.165, 1.54) is 31.4 Å². The minimum Gasteiger partial charge on any atom is -0.371 e. The topological polar surface area (TPSA) is 15.3 Å². The van der Waals surface area contributed by atoms with E-state index < -0.39 is 0 Å². The van der Waals surface area contributed by atoms with E-state index in [4.69, 9.17) is 0 Å². The highest BCUT2D eigenvalue weighted by molar-refractivity contribution is 5.57. The number of anilines is 1. The fourth-order valence-electron chi connectivity index (χ4n) is 2.51. The summed E-state index contributed by atoms with van der Waals surface area (Å²) in [5.41, 5.74) is 2.99.